The lowest BCUT2D eigenvalue weighted by Gasteiger charge is -2.32. The fourth-order valence-corrected chi connectivity index (χ4v) is 9.37. The molecule has 2 aliphatic carbocycles. The summed E-state index contributed by atoms with van der Waals surface area (Å²) in [6, 6.07) is 13.7. The maximum Gasteiger partial charge on any atom is 0.121 e. The SMILES string of the molecule is C=CCOc1c(C)cc(C)cc1[Si](C)(C)C1C=C(N2CC3=CC=CCC3C2)c2ccccc21. The van der Waals surface area contributed by atoms with Crippen LogP contribution in [0.5, 0.6) is 5.75 Å². The average molecular weight is 454 g/mol. The van der Waals surface area contributed by atoms with Gasteiger partial charge in [-0.05, 0) is 42.2 Å². The van der Waals surface area contributed by atoms with E-state index in [4.69, 9.17) is 4.74 Å². The van der Waals surface area contributed by atoms with Gasteiger partial charge in [0, 0.05) is 35.8 Å². The zero-order valence-electron chi connectivity index (χ0n) is 20.4. The molecule has 2 aromatic carbocycles. The van der Waals surface area contributed by atoms with Gasteiger partial charge < -0.3 is 9.64 Å². The highest BCUT2D eigenvalue weighted by Gasteiger charge is 2.42. The summed E-state index contributed by atoms with van der Waals surface area (Å²) in [5, 5.41) is 1.42. The number of hydrogen-bond acceptors (Lipinski definition) is 2. The van der Waals surface area contributed by atoms with Crippen LogP contribution in [0.3, 0.4) is 0 Å². The summed E-state index contributed by atoms with van der Waals surface area (Å²) >= 11 is 0. The van der Waals surface area contributed by atoms with Gasteiger partial charge in [0.15, 0.2) is 0 Å². The summed E-state index contributed by atoms with van der Waals surface area (Å²) < 4.78 is 6.27. The fraction of sp³-hybridized carbons (Fsp3) is 0.333. The number of benzene rings is 2. The predicted molar refractivity (Wildman–Crippen MR) is 143 cm³/mol. The third-order valence-corrected chi connectivity index (χ3v) is 11.5. The Labute approximate surface area is 200 Å². The first kappa shape index (κ1) is 22.0. The van der Waals surface area contributed by atoms with Crippen LogP contribution >= 0.6 is 0 Å². The average Bonchev–Trinajstić information content (AvgIpc) is 3.40. The van der Waals surface area contributed by atoms with Crippen molar-refractivity contribution in [3.63, 3.8) is 0 Å². The van der Waals surface area contributed by atoms with Gasteiger partial charge in [-0.1, -0.05) is 92.0 Å². The van der Waals surface area contributed by atoms with Gasteiger partial charge in [-0.25, -0.2) is 0 Å². The highest BCUT2D eigenvalue weighted by molar-refractivity contribution is 6.92. The van der Waals surface area contributed by atoms with Crippen molar-refractivity contribution < 1.29 is 4.74 Å². The standard InChI is InChI=1S/C30H35NOSi/c1-6-15-32-30-22(3)16-21(2)17-29(30)33(4,5)28-18-27(25-13-9-10-14-26(25)28)31-19-23-11-7-8-12-24(23)20-31/h6-11,13-14,16-18,24,28H,1,12,15,19-20H2,2-5H3. The van der Waals surface area contributed by atoms with Crippen LogP contribution in [-0.2, 0) is 0 Å². The van der Waals surface area contributed by atoms with E-state index < -0.39 is 8.07 Å². The van der Waals surface area contributed by atoms with Gasteiger partial charge in [0.1, 0.15) is 12.4 Å². The maximum atomic E-state index is 6.27. The molecular weight excluding hydrogens is 418 g/mol. The highest BCUT2D eigenvalue weighted by atomic mass is 28.3. The molecule has 1 aliphatic heterocycles. The summed E-state index contributed by atoms with van der Waals surface area (Å²) in [7, 11) is -1.98. The van der Waals surface area contributed by atoms with Crippen LogP contribution in [0.15, 0.2) is 78.9 Å². The lowest BCUT2D eigenvalue weighted by molar-refractivity contribution is 0.363. The Bertz CT molecular complexity index is 1190. The molecule has 0 radical (unpaired) electrons. The summed E-state index contributed by atoms with van der Waals surface area (Å²) in [4.78, 5) is 2.63. The van der Waals surface area contributed by atoms with Gasteiger partial charge in [0.25, 0.3) is 0 Å². The molecule has 1 heterocycles. The molecule has 2 aromatic rings. The second-order valence-electron chi connectivity index (χ2n) is 10.4. The third-order valence-electron chi connectivity index (χ3n) is 7.68. The second-order valence-corrected chi connectivity index (χ2v) is 15.0. The van der Waals surface area contributed by atoms with Crippen molar-refractivity contribution in [1.29, 1.82) is 0 Å². The molecule has 2 atom stereocenters. The van der Waals surface area contributed by atoms with Gasteiger partial charge in [-0.15, -0.1) is 0 Å². The normalized spacial score (nSPS) is 21.4. The first-order chi connectivity index (χ1) is 15.9. The van der Waals surface area contributed by atoms with E-state index in [2.05, 4.69) is 99.1 Å². The van der Waals surface area contributed by atoms with Crippen LogP contribution in [0.25, 0.3) is 5.70 Å². The molecule has 0 aromatic heterocycles. The van der Waals surface area contributed by atoms with Crippen molar-refractivity contribution in [3.05, 3.63) is 101 Å². The maximum absolute atomic E-state index is 6.27. The van der Waals surface area contributed by atoms with Crippen molar-refractivity contribution in [1.82, 2.24) is 4.90 Å². The molecule has 0 bridgehead atoms. The lowest BCUT2D eigenvalue weighted by atomic mass is 9.95. The van der Waals surface area contributed by atoms with Crippen LogP contribution in [0.4, 0.5) is 0 Å². The Hall–Kier alpha value is -2.78. The van der Waals surface area contributed by atoms with Gasteiger partial charge in [-0.2, -0.15) is 0 Å². The molecule has 0 spiro atoms. The number of allylic oxidation sites excluding steroid dienone is 4. The van der Waals surface area contributed by atoms with Crippen LogP contribution in [-0.4, -0.2) is 32.7 Å². The van der Waals surface area contributed by atoms with Crippen molar-refractivity contribution in [2.24, 2.45) is 5.92 Å². The van der Waals surface area contributed by atoms with E-state index in [1.54, 1.807) is 5.57 Å². The Morgan fingerprint density at radius 1 is 1.18 bits per heavy atom. The lowest BCUT2D eigenvalue weighted by Crippen LogP contribution is -2.48. The Balaban J connectivity index is 1.57. The quantitative estimate of drug-likeness (QED) is 0.377. The minimum atomic E-state index is -1.98. The zero-order valence-corrected chi connectivity index (χ0v) is 21.4. The van der Waals surface area contributed by atoms with E-state index in [1.807, 2.05) is 6.08 Å². The van der Waals surface area contributed by atoms with Crippen LogP contribution in [0.1, 0.15) is 34.2 Å². The first-order valence-corrected chi connectivity index (χ1v) is 15.2. The Morgan fingerprint density at radius 2 is 2.00 bits per heavy atom. The molecule has 3 heteroatoms. The molecule has 33 heavy (non-hydrogen) atoms. The number of ether oxygens (including phenoxy) is 1. The van der Waals surface area contributed by atoms with Crippen molar-refractivity contribution in [2.75, 3.05) is 19.7 Å². The molecule has 1 saturated heterocycles. The minimum Gasteiger partial charge on any atom is -0.489 e. The zero-order chi connectivity index (χ0) is 23.2. The molecule has 170 valence electrons. The minimum absolute atomic E-state index is 0.422. The van der Waals surface area contributed by atoms with Crippen LogP contribution in [0.2, 0.25) is 13.1 Å². The van der Waals surface area contributed by atoms with Crippen LogP contribution < -0.4 is 9.92 Å². The number of likely N-dealkylation sites (tertiary alicyclic amines) is 1. The third kappa shape index (κ3) is 3.83. The van der Waals surface area contributed by atoms with E-state index in [-0.39, 0.29) is 0 Å². The first-order valence-electron chi connectivity index (χ1n) is 12.2. The van der Waals surface area contributed by atoms with E-state index in [9.17, 15) is 0 Å². The number of rotatable bonds is 6. The summed E-state index contributed by atoms with van der Waals surface area (Å²) in [6.45, 7) is 16.0. The molecule has 3 aliphatic rings. The van der Waals surface area contributed by atoms with E-state index in [0.717, 1.165) is 18.8 Å². The predicted octanol–water partition coefficient (Wildman–Crippen LogP) is 6.28. The molecule has 0 saturated carbocycles. The number of hydrogen-bond donors (Lipinski definition) is 0. The van der Waals surface area contributed by atoms with E-state index in [0.29, 0.717) is 18.1 Å². The van der Waals surface area contributed by atoms with Crippen molar-refractivity contribution >= 4 is 19.0 Å². The van der Waals surface area contributed by atoms with E-state index >= 15 is 0 Å². The Morgan fingerprint density at radius 3 is 2.79 bits per heavy atom. The number of aryl methyl sites for hydroxylation is 2. The number of nitrogens with zero attached hydrogens (tertiary/aromatic N) is 1. The van der Waals surface area contributed by atoms with Gasteiger partial charge in [0.2, 0.25) is 0 Å². The fourth-order valence-electron chi connectivity index (χ4n) is 5.98. The summed E-state index contributed by atoms with van der Waals surface area (Å²) in [5.41, 5.74) is 8.90. The summed E-state index contributed by atoms with van der Waals surface area (Å²) in [6.07, 6.45) is 12.5. The molecule has 2 nitrogen and oxygen atoms in total. The number of fused-ring (bicyclic) bond motifs is 2. The molecule has 2 unspecified atom stereocenters. The highest BCUT2D eigenvalue weighted by Crippen LogP contribution is 2.45. The largest absolute Gasteiger partial charge is 0.489 e. The molecule has 5 rings (SSSR count). The van der Waals surface area contributed by atoms with Gasteiger partial charge in [-0.3, -0.25) is 0 Å². The topological polar surface area (TPSA) is 12.5 Å². The van der Waals surface area contributed by atoms with Gasteiger partial charge >= 0.3 is 0 Å². The summed E-state index contributed by atoms with van der Waals surface area (Å²) in [5.74, 6) is 1.74. The van der Waals surface area contributed by atoms with Gasteiger partial charge in [0.05, 0.1) is 8.07 Å². The van der Waals surface area contributed by atoms with Crippen molar-refractivity contribution in [3.8, 4) is 5.75 Å². The Kier molecular flexibility index (Phi) is 5.70. The van der Waals surface area contributed by atoms with Crippen molar-refractivity contribution in [2.45, 2.75) is 38.9 Å². The monoisotopic (exact) mass is 453 g/mol. The van der Waals surface area contributed by atoms with E-state index in [1.165, 1.54) is 39.6 Å². The second kappa shape index (κ2) is 8.53. The molecule has 0 N–H and O–H groups in total. The smallest absolute Gasteiger partial charge is 0.121 e. The molecule has 1 fully saturated rings. The van der Waals surface area contributed by atoms with Crippen LogP contribution in [0, 0.1) is 19.8 Å². The molecule has 0 amide bonds. The molecular formula is C30H35NOSi.